The fourth-order valence-corrected chi connectivity index (χ4v) is 0.953. The summed E-state index contributed by atoms with van der Waals surface area (Å²) in [4.78, 5) is 4.69. The average molecular weight is 157 g/mol. The lowest BCUT2D eigenvalue weighted by atomic mass is 10.0. The van der Waals surface area contributed by atoms with Gasteiger partial charge >= 0.3 is 0 Å². The van der Waals surface area contributed by atoms with Gasteiger partial charge in [-0.2, -0.15) is 0 Å². The molecular weight excluding hydrogens is 138 g/mol. The van der Waals surface area contributed by atoms with E-state index in [2.05, 4.69) is 19.0 Å². The highest BCUT2D eigenvalue weighted by Crippen LogP contribution is 2.09. The van der Waals surface area contributed by atoms with Crippen LogP contribution in [-0.4, -0.2) is 12.8 Å². The predicted octanol–water partition coefficient (Wildman–Crippen LogP) is 2.84. The van der Waals surface area contributed by atoms with Gasteiger partial charge in [-0.25, -0.2) is 0 Å². The van der Waals surface area contributed by atoms with E-state index in [1.807, 2.05) is 6.92 Å². The van der Waals surface area contributed by atoms with Crippen LogP contribution in [0.5, 0.6) is 0 Å². The Morgan fingerprint density at radius 1 is 1.55 bits per heavy atom. The van der Waals surface area contributed by atoms with E-state index in [4.69, 9.17) is 4.84 Å². The number of hydrogen-bond acceptors (Lipinski definition) is 2. The van der Waals surface area contributed by atoms with Crippen molar-refractivity contribution in [3.63, 3.8) is 0 Å². The van der Waals surface area contributed by atoms with Gasteiger partial charge in [0.15, 0.2) is 0 Å². The monoisotopic (exact) mass is 157 g/mol. The van der Waals surface area contributed by atoms with Crippen LogP contribution in [0.15, 0.2) is 5.16 Å². The molecule has 0 heterocycles. The van der Waals surface area contributed by atoms with Crippen LogP contribution < -0.4 is 0 Å². The summed E-state index contributed by atoms with van der Waals surface area (Å²) in [5.41, 5.74) is 1.10. The van der Waals surface area contributed by atoms with Crippen molar-refractivity contribution in [3.8, 4) is 0 Å². The zero-order chi connectivity index (χ0) is 8.69. The Morgan fingerprint density at radius 3 is 2.64 bits per heavy atom. The summed E-state index contributed by atoms with van der Waals surface area (Å²) < 4.78 is 0. The minimum atomic E-state index is 0.565. The third-order valence-corrected chi connectivity index (χ3v) is 1.94. The zero-order valence-electron chi connectivity index (χ0n) is 8.05. The standard InChI is InChI=1S/C9H19NO/c1-5-6-7-8(2)9(3)10-11-4/h8H,5-7H2,1-4H3/b10-9+. The largest absolute Gasteiger partial charge is 0.399 e. The first kappa shape index (κ1) is 10.5. The molecule has 0 rings (SSSR count). The minimum Gasteiger partial charge on any atom is -0.399 e. The van der Waals surface area contributed by atoms with Crippen molar-refractivity contribution in [2.24, 2.45) is 11.1 Å². The van der Waals surface area contributed by atoms with Crippen molar-refractivity contribution in [2.45, 2.75) is 40.0 Å². The highest BCUT2D eigenvalue weighted by molar-refractivity contribution is 5.83. The number of oxime groups is 1. The van der Waals surface area contributed by atoms with Gasteiger partial charge in [0.25, 0.3) is 0 Å². The molecule has 0 amide bonds. The molecule has 0 bridgehead atoms. The maximum atomic E-state index is 4.69. The summed E-state index contributed by atoms with van der Waals surface area (Å²) in [6.45, 7) is 6.41. The quantitative estimate of drug-likeness (QED) is 0.444. The minimum absolute atomic E-state index is 0.565. The van der Waals surface area contributed by atoms with Crippen molar-refractivity contribution in [3.05, 3.63) is 0 Å². The molecule has 0 aliphatic rings. The topological polar surface area (TPSA) is 21.6 Å². The Kier molecular flexibility index (Phi) is 5.90. The van der Waals surface area contributed by atoms with Crippen LogP contribution in [0.3, 0.4) is 0 Å². The Balaban J connectivity index is 3.63. The highest BCUT2D eigenvalue weighted by atomic mass is 16.6. The molecular formula is C9H19NO. The van der Waals surface area contributed by atoms with Gasteiger partial charge < -0.3 is 4.84 Å². The van der Waals surface area contributed by atoms with Gasteiger partial charge in [-0.05, 0) is 19.3 Å². The summed E-state index contributed by atoms with van der Waals surface area (Å²) in [5.74, 6) is 0.565. The van der Waals surface area contributed by atoms with Crippen LogP contribution in [0, 0.1) is 5.92 Å². The average Bonchev–Trinajstić information content (AvgIpc) is 2.00. The van der Waals surface area contributed by atoms with Crippen LogP contribution in [0.25, 0.3) is 0 Å². The molecule has 11 heavy (non-hydrogen) atoms. The molecule has 0 fully saturated rings. The third kappa shape index (κ3) is 4.82. The first-order valence-corrected chi connectivity index (χ1v) is 4.30. The van der Waals surface area contributed by atoms with Crippen LogP contribution in [0.4, 0.5) is 0 Å². The van der Waals surface area contributed by atoms with Crippen molar-refractivity contribution < 1.29 is 4.84 Å². The molecule has 1 atom stereocenters. The molecule has 2 heteroatoms. The van der Waals surface area contributed by atoms with Crippen LogP contribution in [-0.2, 0) is 4.84 Å². The molecule has 0 aromatic rings. The smallest absolute Gasteiger partial charge is 0.106 e. The van der Waals surface area contributed by atoms with Gasteiger partial charge in [-0.3, -0.25) is 0 Å². The molecule has 0 aromatic carbocycles. The van der Waals surface area contributed by atoms with E-state index in [0.717, 1.165) is 5.71 Å². The third-order valence-electron chi connectivity index (χ3n) is 1.94. The molecule has 0 spiro atoms. The first-order chi connectivity index (χ1) is 5.22. The van der Waals surface area contributed by atoms with E-state index in [9.17, 15) is 0 Å². The second-order valence-electron chi connectivity index (χ2n) is 2.96. The van der Waals surface area contributed by atoms with Gasteiger partial charge in [-0.1, -0.05) is 31.8 Å². The zero-order valence-corrected chi connectivity index (χ0v) is 8.05. The van der Waals surface area contributed by atoms with Crippen molar-refractivity contribution in [1.82, 2.24) is 0 Å². The Morgan fingerprint density at radius 2 is 2.18 bits per heavy atom. The molecule has 0 radical (unpaired) electrons. The number of hydrogen-bond donors (Lipinski definition) is 0. The molecule has 1 unspecified atom stereocenters. The molecule has 0 aromatic heterocycles. The van der Waals surface area contributed by atoms with E-state index < -0.39 is 0 Å². The lowest BCUT2D eigenvalue weighted by molar-refractivity contribution is 0.210. The highest BCUT2D eigenvalue weighted by Gasteiger charge is 2.04. The van der Waals surface area contributed by atoms with Crippen LogP contribution in [0.1, 0.15) is 40.0 Å². The summed E-state index contributed by atoms with van der Waals surface area (Å²) in [5, 5.41) is 3.89. The fraction of sp³-hybridized carbons (Fsp3) is 0.889. The van der Waals surface area contributed by atoms with Crippen molar-refractivity contribution in [1.29, 1.82) is 0 Å². The molecule has 0 saturated heterocycles. The van der Waals surface area contributed by atoms with Crippen molar-refractivity contribution in [2.75, 3.05) is 7.11 Å². The molecule has 0 N–H and O–H groups in total. The molecule has 0 saturated carbocycles. The normalized spacial score (nSPS) is 14.7. The van der Waals surface area contributed by atoms with Gasteiger partial charge in [0.05, 0.1) is 5.71 Å². The predicted molar refractivity (Wildman–Crippen MR) is 48.8 cm³/mol. The van der Waals surface area contributed by atoms with Crippen LogP contribution in [0.2, 0.25) is 0 Å². The number of nitrogens with zero attached hydrogens (tertiary/aromatic N) is 1. The fourth-order valence-electron chi connectivity index (χ4n) is 0.953. The van der Waals surface area contributed by atoms with Gasteiger partial charge in [0.1, 0.15) is 7.11 Å². The lowest BCUT2D eigenvalue weighted by Gasteiger charge is -2.08. The Labute approximate surface area is 69.6 Å². The Hall–Kier alpha value is -0.530. The summed E-state index contributed by atoms with van der Waals surface area (Å²) >= 11 is 0. The van der Waals surface area contributed by atoms with Crippen molar-refractivity contribution >= 4 is 5.71 Å². The van der Waals surface area contributed by atoms with Gasteiger partial charge in [0.2, 0.25) is 0 Å². The van der Waals surface area contributed by atoms with Gasteiger partial charge in [0, 0.05) is 0 Å². The lowest BCUT2D eigenvalue weighted by Crippen LogP contribution is -2.06. The molecule has 0 aliphatic carbocycles. The molecule has 66 valence electrons. The second-order valence-corrected chi connectivity index (χ2v) is 2.96. The first-order valence-electron chi connectivity index (χ1n) is 4.30. The van der Waals surface area contributed by atoms with E-state index in [-0.39, 0.29) is 0 Å². The SMILES string of the molecule is CCCCC(C)/C(C)=N/OC. The van der Waals surface area contributed by atoms with E-state index in [0.29, 0.717) is 5.92 Å². The number of unbranched alkanes of at least 4 members (excludes halogenated alkanes) is 1. The molecule has 2 nitrogen and oxygen atoms in total. The maximum absolute atomic E-state index is 4.69. The van der Waals surface area contributed by atoms with E-state index in [1.54, 1.807) is 7.11 Å². The maximum Gasteiger partial charge on any atom is 0.106 e. The summed E-state index contributed by atoms with van der Waals surface area (Å²) in [6, 6.07) is 0. The van der Waals surface area contributed by atoms with E-state index in [1.165, 1.54) is 19.3 Å². The Bertz CT molecular complexity index is 121. The van der Waals surface area contributed by atoms with E-state index >= 15 is 0 Å². The van der Waals surface area contributed by atoms with Gasteiger partial charge in [-0.15, -0.1) is 0 Å². The molecule has 0 aliphatic heterocycles. The second kappa shape index (κ2) is 6.20. The summed E-state index contributed by atoms with van der Waals surface area (Å²) in [7, 11) is 1.59. The number of rotatable bonds is 5. The summed E-state index contributed by atoms with van der Waals surface area (Å²) in [6.07, 6.45) is 3.75. The van der Waals surface area contributed by atoms with Crippen LogP contribution >= 0.6 is 0 Å².